The quantitative estimate of drug-likeness (QED) is 0.568. The maximum absolute atomic E-state index is 13.3. The predicted octanol–water partition coefficient (Wildman–Crippen LogP) is 4.16. The van der Waals surface area contributed by atoms with Crippen LogP contribution in [0.3, 0.4) is 0 Å². The number of thioether (sulfide) groups is 1. The van der Waals surface area contributed by atoms with E-state index in [-0.39, 0.29) is 34.4 Å². The minimum Gasteiger partial charge on any atom is -0.411 e. The normalized spacial score (nSPS) is 10.8. The second-order valence-electron chi connectivity index (χ2n) is 5.71. The van der Waals surface area contributed by atoms with Gasteiger partial charge in [0.15, 0.2) is 0 Å². The third-order valence-electron chi connectivity index (χ3n) is 3.81. The molecule has 1 amide bonds. The molecule has 0 bridgehead atoms. The van der Waals surface area contributed by atoms with Crippen LogP contribution in [0.5, 0.6) is 0 Å². The van der Waals surface area contributed by atoms with E-state index in [0.29, 0.717) is 18.7 Å². The van der Waals surface area contributed by atoms with Crippen LogP contribution in [0.15, 0.2) is 58.2 Å². The first-order valence-corrected chi connectivity index (χ1v) is 9.28. The smallest absolute Gasteiger partial charge is 0.277 e. The van der Waals surface area contributed by atoms with E-state index in [0.717, 1.165) is 17.3 Å². The summed E-state index contributed by atoms with van der Waals surface area (Å²) >= 11 is 1.12. The highest BCUT2D eigenvalue weighted by atomic mass is 32.2. The fourth-order valence-corrected chi connectivity index (χ4v) is 3.09. The largest absolute Gasteiger partial charge is 0.411 e. The summed E-state index contributed by atoms with van der Waals surface area (Å²) in [6.07, 6.45) is 0. The predicted molar refractivity (Wildman–Crippen MR) is 97.9 cm³/mol. The van der Waals surface area contributed by atoms with Gasteiger partial charge < -0.3 is 9.32 Å². The van der Waals surface area contributed by atoms with E-state index < -0.39 is 0 Å². The maximum atomic E-state index is 13.3. The van der Waals surface area contributed by atoms with Gasteiger partial charge in [-0.2, -0.15) is 0 Å². The number of halogens is 2. The Hall–Kier alpha value is -2.74. The Balaban J connectivity index is 1.58. The Morgan fingerprint density at radius 3 is 2.59 bits per heavy atom. The number of carbonyl (C=O) groups excluding carboxylic acids is 1. The lowest BCUT2D eigenvalue weighted by atomic mass is 10.2. The molecular formula is C19H17F2N3O2S. The van der Waals surface area contributed by atoms with Crippen molar-refractivity contribution in [1.29, 1.82) is 0 Å². The fraction of sp³-hybridized carbons (Fsp3) is 0.211. The third-order valence-corrected chi connectivity index (χ3v) is 4.62. The third kappa shape index (κ3) is 5.13. The number of carbonyl (C=O) groups is 1. The Morgan fingerprint density at radius 2 is 1.89 bits per heavy atom. The highest BCUT2D eigenvalue weighted by Gasteiger charge is 2.16. The van der Waals surface area contributed by atoms with Gasteiger partial charge in [0.05, 0.1) is 5.75 Å². The van der Waals surface area contributed by atoms with Gasteiger partial charge in [-0.25, -0.2) is 8.78 Å². The van der Waals surface area contributed by atoms with E-state index in [1.807, 2.05) is 6.92 Å². The first-order chi connectivity index (χ1) is 13.0. The van der Waals surface area contributed by atoms with Crippen LogP contribution in [-0.2, 0) is 11.3 Å². The number of aromatic nitrogens is 2. The minimum atomic E-state index is -0.351. The monoisotopic (exact) mass is 389 g/mol. The fourth-order valence-electron chi connectivity index (χ4n) is 2.42. The summed E-state index contributed by atoms with van der Waals surface area (Å²) in [6, 6.07) is 11.9. The molecule has 1 heterocycles. The molecule has 8 heteroatoms. The van der Waals surface area contributed by atoms with E-state index in [2.05, 4.69) is 10.2 Å². The molecule has 0 atom stereocenters. The molecule has 0 saturated heterocycles. The molecular weight excluding hydrogens is 372 g/mol. The molecule has 0 aliphatic carbocycles. The minimum absolute atomic E-state index is 0.117. The van der Waals surface area contributed by atoms with Crippen LogP contribution in [0.4, 0.5) is 8.78 Å². The van der Waals surface area contributed by atoms with Crippen LogP contribution in [0.2, 0.25) is 0 Å². The molecule has 5 nitrogen and oxygen atoms in total. The molecule has 140 valence electrons. The number of rotatable bonds is 7. The Morgan fingerprint density at radius 1 is 1.11 bits per heavy atom. The van der Waals surface area contributed by atoms with Crippen molar-refractivity contribution in [2.75, 3.05) is 12.3 Å². The zero-order valence-electron chi connectivity index (χ0n) is 14.6. The summed E-state index contributed by atoms with van der Waals surface area (Å²) < 4.78 is 31.8. The van der Waals surface area contributed by atoms with E-state index in [4.69, 9.17) is 4.42 Å². The SMILES string of the molecule is CCN(Cc1cccc(F)c1)C(=O)CSc1nnc(-c2ccc(F)cc2)o1. The lowest BCUT2D eigenvalue weighted by Crippen LogP contribution is -2.31. The number of amides is 1. The summed E-state index contributed by atoms with van der Waals surface area (Å²) in [5, 5.41) is 8.06. The first kappa shape index (κ1) is 19.0. The zero-order valence-corrected chi connectivity index (χ0v) is 15.4. The van der Waals surface area contributed by atoms with Gasteiger partial charge in [-0.3, -0.25) is 4.79 Å². The van der Waals surface area contributed by atoms with Crippen LogP contribution in [0.25, 0.3) is 11.5 Å². The van der Waals surface area contributed by atoms with Crippen LogP contribution in [0.1, 0.15) is 12.5 Å². The molecule has 2 aromatic carbocycles. The van der Waals surface area contributed by atoms with Gasteiger partial charge in [0.25, 0.3) is 5.22 Å². The van der Waals surface area contributed by atoms with Crippen molar-refractivity contribution in [2.45, 2.75) is 18.7 Å². The summed E-state index contributed by atoms with van der Waals surface area (Å²) in [7, 11) is 0. The van der Waals surface area contributed by atoms with Gasteiger partial charge in [0.1, 0.15) is 11.6 Å². The Labute approximate surface area is 159 Å². The lowest BCUT2D eigenvalue weighted by Gasteiger charge is -2.20. The van der Waals surface area contributed by atoms with Crippen LogP contribution in [-0.4, -0.2) is 33.3 Å². The number of nitrogens with zero attached hydrogens (tertiary/aromatic N) is 3. The summed E-state index contributed by atoms with van der Waals surface area (Å²) in [4.78, 5) is 14.1. The van der Waals surface area contributed by atoms with Crippen molar-refractivity contribution in [1.82, 2.24) is 15.1 Å². The number of hydrogen-bond donors (Lipinski definition) is 0. The van der Waals surface area contributed by atoms with Crippen molar-refractivity contribution < 1.29 is 18.0 Å². The first-order valence-electron chi connectivity index (χ1n) is 8.29. The molecule has 0 fully saturated rings. The van der Waals surface area contributed by atoms with Gasteiger partial charge >= 0.3 is 0 Å². The molecule has 27 heavy (non-hydrogen) atoms. The van der Waals surface area contributed by atoms with Crippen LogP contribution in [0, 0.1) is 11.6 Å². The van der Waals surface area contributed by atoms with Crippen molar-refractivity contribution in [3.8, 4) is 11.5 Å². The topological polar surface area (TPSA) is 59.2 Å². The van der Waals surface area contributed by atoms with Crippen LogP contribution < -0.4 is 0 Å². The molecule has 3 rings (SSSR count). The lowest BCUT2D eigenvalue weighted by molar-refractivity contribution is -0.128. The second kappa shape index (κ2) is 8.77. The molecule has 0 aliphatic heterocycles. The van der Waals surface area contributed by atoms with Crippen molar-refractivity contribution in [3.63, 3.8) is 0 Å². The van der Waals surface area contributed by atoms with Gasteiger partial charge in [-0.05, 0) is 48.9 Å². The molecule has 3 aromatic rings. The van der Waals surface area contributed by atoms with Gasteiger partial charge in [0.2, 0.25) is 11.8 Å². The molecule has 1 aromatic heterocycles. The molecule has 0 N–H and O–H groups in total. The van der Waals surface area contributed by atoms with Crippen molar-refractivity contribution in [2.24, 2.45) is 0 Å². The van der Waals surface area contributed by atoms with Gasteiger partial charge in [-0.15, -0.1) is 10.2 Å². The molecule has 0 saturated carbocycles. The van der Waals surface area contributed by atoms with Crippen molar-refractivity contribution >= 4 is 17.7 Å². The summed E-state index contributed by atoms with van der Waals surface area (Å²) in [6.45, 7) is 2.69. The Bertz CT molecular complexity index is 915. The molecule has 0 aliphatic rings. The van der Waals surface area contributed by atoms with Gasteiger partial charge in [-0.1, -0.05) is 23.9 Å². The second-order valence-corrected chi connectivity index (χ2v) is 6.63. The Kier molecular flexibility index (Phi) is 6.18. The average molecular weight is 389 g/mol. The summed E-state index contributed by atoms with van der Waals surface area (Å²) in [5.41, 5.74) is 1.33. The van der Waals surface area contributed by atoms with E-state index in [1.165, 1.54) is 24.3 Å². The highest BCUT2D eigenvalue weighted by Crippen LogP contribution is 2.23. The number of hydrogen-bond acceptors (Lipinski definition) is 5. The van der Waals surface area contributed by atoms with Gasteiger partial charge in [0, 0.05) is 18.7 Å². The zero-order chi connectivity index (χ0) is 19.2. The molecule has 0 spiro atoms. The summed E-state index contributed by atoms with van der Waals surface area (Å²) in [5.74, 6) is -0.417. The highest BCUT2D eigenvalue weighted by molar-refractivity contribution is 7.99. The van der Waals surface area contributed by atoms with E-state index in [9.17, 15) is 13.6 Å². The maximum Gasteiger partial charge on any atom is 0.277 e. The van der Waals surface area contributed by atoms with Crippen LogP contribution >= 0.6 is 11.8 Å². The average Bonchev–Trinajstić information content (AvgIpc) is 3.14. The molecule has 0 unspecified atom stereocenters. The van der Waals surface area contributed by atoms with E-state index in [1.54, 1.807) is 29.2 Å². The van der Waals surface area contributed by atoms with Crippen molar-refractivity contribution in [3.05, 3.63) is 65.7 Å². The molecule has 0 radical (unpaired) electrons. The van der Waals surface area contributed by atoms with E-state index >= 15 is 0 Å². The standard InChI is InChI=1S/C19H17F2N3O2S/c1-2-24(11-13-4-3-5-16(21)10-13)17(25)12-27-19-23-22-18(26-19)14-6-8-15(20)9-7-14/h3-10H,2,11-12H2,1H3. The number of benzene rings is 2.